The first-order valence-corrected chi connectivity index (χ1v) is 11.0. The van der Waals surface area contributed by atoms with Gasteiger partial charge in [0.05, 0.1) is 6.61 Å². The molecule has 0 atom stereocenters. The molecule has 1 aromatic heterocycles. The van der Waals surface area contributed by atoms with Gasteiger partial charge in [-0.15, -0.1) is 0 Å². The summed E-state index contributed by atoms with van der Waals surface area (Å²) in [5.74, 6) is 1.08. The van der Waals surface area contributed by atoms with Gasteiger partial charge in [-0.25, -0.2) is 14.8 Å². The number of carbonyl (C=O) groups excluding carboxylic acids is 1. The first kappa shape index (κ1) is 22.2. The van der Waals surface area contributed by atoms with Crippen LogP contribution in [-0.2, 0) is 4.74 Å². The largest absolute Gasteiger partial charge is 0.450 e. The molecule has 1 saturated carbocycles. The van der Waals surface area contributed by atoms with E-state index in [9.17, 15) is 4.79 Å². The summed E-state index contributed by atoms with van der Waals surface area (Å²) < 4.78 is 5.11. The first-order valence-electron chi connectivity index (χ1n) is 10.6. The Morgan fingerprint density at radius 1 is 1.17 bits per heavy atom. The number of nitrogens with one attached hydrogen (secondary N) is 2. The number of carbonyl (C=O) groups is 1. The van der Waals surface area contributed by atoms with Gasteiger partial charge in [0.15, 0.2) is 5.11 Å². The molecule has 1 amide bonds. The third kappa shape index (κ3) is 6.25. The van der Waals surface area contributed by atoms with E-state index in [1.807, 2.05) is 26.8 Å². The summed E-state index contributed by atoms with van der Waals surface area (Å²) in [4.78, 5) is 29.4. The number of guanidine groups is 1. The zero-order valence-electron chi connectivity index (χ0n) is 18.0. The number of thiocarbonyl (C=S) groups is 1. The van der Waals surface area contributed by atoms with Gasteiger partial charge in [-0.05, 0) is 51.9 Å². The van der Waals surface area contributed by atoms with Crippen molar-refractivity contribution >= 4 is 35.3 Å². The van der Waals surface area contributed by atoms with E-state index in [-0.39, 0.29) is 6.09 Å². The summed E-state index contributed by atoms with van der Waals surface area (Å²) in [7, 11) is 0. The fourth-order valence-corrected chi connectivity index (χ4v) is 4.00. The summed E-state index contributed by atoms with van der Waals surface area (Å²) in [5.41, 5.74) is 1.76. The van der Waals surface area contributed by atoms with Crippen molar-refractivity contribution in [2.24, 2.45) is 4.99 Å². The van der Waals surface area contributed by atoms with Gasteiger partial charge in [0.2, 0.25) is 11.9 Å². The Bertz CT molecular complexity index is 767. The Kier molecular flexibility index (Phi) is 7.78. The van der Waals surface area contributed by atoms with E-state index in [2.05, 4.69) is 30.5 Å². The standard InChI is InChI=1S/C20H31N7O2S/c1-4-29-20(28)27-11-9-26(10-12-27)18(24-17-21-14(2)13-15(3)22-17)25-19(30)23-16-7-5-6-8-16/h13,16H,4-12H2,1-3H3,(H2,21,22,23,24,25,30). The van der Waals surface area contributed by atoms with Crippen LogP contribution in [0.4, 0.5) is 10.7 Å². The number of aromatic nitrogens is 2. The minimum Gasteiger partial charge on any atom is -0.450 e. The molecule has 0 unspecified atom stereocenters. The lowest BCUT2D eigenvalue weighted by atomic mass is 10.3. The highest BCUT2D eigenvalue weighted by molar-refractivity contribution is 7.80. The lowest BCUT2D eigenvalue weighted by Crippen LogP contribution is -2.52. The maximum absolute atomic E-state index is 12.0. The number of nitrogens with zero attached hydrogens (tertiary/aromatic N) is 5. The van der Waals surface area contributed by atoms with E-state index in [1.165, 1.54) is 12.8 Å². The Morgan fingerprint density at radius 2 is 1.77 bits per heavy atom. The lowest BCUT2D eigenvalue weighted by Gasteiger charge is -2.35. The van der Waals surface area contributed by atoms with Crippen molar-refractivity contribution in [1.29, 1.82) is 0 Å². The van der Waals surface area contributed by atoms with Crippen molar-refractivity contribution in [1.82, 2.24) is 25.1 Å². The zero-order chi connectivity index (χ0) is 21.5. The summed E-state index contributed by atoms with van der Waals surface area (Å²) in [5, 5.41) is 7.06. The normalized spacial score (nSPS) is 17.8. The van der Waals surface area contributed by atoms with E-state index in [4.69, 9.17) is 17.0 Å². The molecule has 1 aliphatic carbocycles. The Balaban J connectivity index is 1.72. The van der Waals surface area contributed by atoms with Gasteiger partial charge in [-0.2, -0.15) is 4.99 Å². The fourth-order valence-electron chi connectivity index (χ4n) is 3.75. The van der Waals surface area contributed by atoms with Gasteiger partial charge in [0.25, 0.3) is 0 Å². The zero-order valence-corrected chi connectivity index (χ0v) is 18.8. The molecule has 2 aliphatic rings. The van der Waals surface area contributed by atoms with Crippen LogP contribution in [0, 0.1) is 13.8 Å². The summed E-state index contributed by atoms with van der Waals surface area (Å²) in [6.07, 6.45) is 4.41. The average molecular weight is 434 g/mol. The molecule has 10 heteroatoms. The summed E-state index contributed by atoms with van der Waals surface area (Å²) >= 11 is 5.51. The molecule has 0 aromatic carbocycles. The monoisotopic (exact) mass is 433 g/mol. The molecule has 3 rings (SSSR count). The van der Waals surface area contributed by atoms with E-state index in [0.717, 1.165) is 24.2 Å². The molecule has 164 valence electrons. The number of amides is 1. The van der Waals surface area contributed by atoms with Crippen LogP contribution >= 0.6 is 12.2 Å². The van der Waals surface area contributed by atoms with Crippen LogP contribution in [-0.4, -0.2) is 75.8 Å². The number of hydrogen-bond acceptors (Lipinski definition) is 5. The minimum atomic E-state index is -0.278. The number of rotatable bonds is 3. The van der Waals surface area contributed by atoms with E-state index >= 15 is 0 Å². The third-order valence-corrected chi connectivity index (χ3v) is 5.41. The molecule has 30 heavy (non-hydrogen) atoms. The molecule has 1 saturated heterocycles. The third-order valence-electron chi connectivity index (χ3n) is 5.20. The van der Waals surface area contributed by atoms with Gasteiger partial charge >= 0.3 is 6.09 Å². The van der Waals surface area contributed by atoms with Gasteiger partial charge in [-0.3, -0.25) is 5.32 Å². The SMILES string of the molecule is CCOC(=O)N1CCN(/C(=N\C(=S)NC2CCCC2)Nc2nc(C)cc(C)n2)CC1. The van der Waals surface area contributed by atoms with Crippen LogP contribution in [0.3, 0.4) is 0 Å². The van der Waals surface area contributed by atoms with E-state index in [0.29, 0.717) is 55.8 Å². The van der Waals surface area contributed by atoms with Gasteiger partial charge < -0.3 is 19.9 Å². The molecule has 2 heterocycles. The predicted molar refractivity (Wildman–Crippen MR) is 121 cm³/mol. The van der Waals surface area contributed by atoms with E-state index in [1.54, 1.807) is 4.90 Å². The van der Waals surface area contributed by atoms with Crippen molar-refractivity contribution < 1.29 is 9.53 Å². The second-order valence-electron chi connectivity index (χ2n) is 7.64. The first-order chi connectivity index (χ1) is 14.4. The lowest BCUT2D eigenvalue weighted by molar-refractivity contribution is 0.0920. The van der Waals surface area contributed by atoms with Gasteiger partial charge in [-0.1, -0.05) is 12.8 Å². The predicted octanol–water partition coefficient (Wildman–Crippen LogP) is 2.45. The molecule has 9 nitrogen and oxygen atoms in total. The Morgan fingerprint density at radius 3 is 2.37 bits per heavy atom. The molecule has 0 bridgehead atoms. The molecular formula is C20H31N7O2S. The highest BCUT2D eigenvalue weighted by Gasteiger charge is 2.25. The number of anilines is 1. The van der Waals surface area contributed by atoms with Crippen LogP contribution in [0.1, 0.15) is 44.0 Å². The molecule has 1 aromatic rings. The number of piperazine rings is 1. The topological polar surface area (TPSA) is 95.0 Å². The average Bonchev–Trinajstić information content (AvgIpc) is 3.20. The van der Waals surface area contributed by atoms with Crippen LogP contribution in [0.15, 0.2) is 11.1 Å². The van der Waals surface area contributed by atoms with Crippen LogP contribution in [0.25, 0.3) is 0 Å². The van der Waals surface area contributed by atoms with Gasteiger partial charge in [0.1, 0.15) is 0 Å². The number of aliphatic imine (C=N–C) groups is 1. The van der Waals surface area contributed by atoms with Crippen molar-refractivity contribution in [3.63, 3.8) is 0 Å². The quantitative estimate of drug-likeness (QED) is 0.426. The molecule has 2 fully saturated rings. The maximum atomic E-state index is 12.0. The van der Waals surface area contributed by atoms with Crippen molar-refractivity contribution in [3.8, 4) is 0 Å². The highest BCUT2D eigenvalue weighted by Crippen LogP contribution is 2.18. The number of hydrogen-bond donors (Lipinski definition) is 2. The summed E-state index contributed by atoms with van der Waals surface area (Å²) in [6, 6.07) is 2.31. The molecule has 0 spiro atoms. The van der Waals surface area contributed by atoms with Crippen LogP contribution < -0.4 is 10.6 Å². The molecular weight excluding hydrogens is 402 g/mol. The summed E-state index contributed by atoms with van der Waals surface area (Å²) in [6.45, 7) is 8.38. The minimum absolute atomic E-state index is 0.278. The second-order valence-corrected chi connectivity index (χ2v) is 8.03. The van der Waals surface area contributed by atoms with Crippen molar-refractivity contribution in [2.45, 2.75) is 52.5 Å². The Labute approximate surface area is 183 Å². The van der Waals surface area contributed by atoms with Gasteiger partial charge in [0, 0.05) is 43.6 Å². The molecule has 2 N–H and O–H groups in total. The molecule has 0 radical (unpaired) electrons. The fraction of sp³-hybridized carbons (Fsp3) is 0.650. The highest BCUT2D eigenvalue weighted by atomic mass is 32.1. The second kappa shape index (κ2) is 10.5. The van der Waals surface area contributed by atoms with Crippen LogP contribution in [0.2, 0.25) is 0 Å². The van der Waals surface area contributed by atoms with Crippen molar-refractivity contribution in [3.05, 3.63) is 17.5 Å². The maximum Gasteiger partial charge on any atom is 0.409 e. The smallest absolute Gasteiger partial charge is 0.409 e. The number of ether oxygens (including phenoxy) is 1. The number of aryl methyl sites for hydroxylation is 2. The van der Waals surface area contributed by atoms with Crippen molar-refractivity contribution in [2.75, 3.05) is 38.1 Å². The molecule has 1 aliphatic heterocycles. The Hall–Kier alpha value is -2.49. The van der Waals surface area contributed by atoms with Crippen LogP contribution in [0.5, 0.6) is 0 Å². The van der Waals surface area contributed by atoms with E-state index < -0.39 is 0 Å².